The molecular weight excluding hydrogens is 493 g/mol. The van der Waals surface area contributed by atoms with Crippen LogP contribution >= 0.6 is 24.0 Å². The molecule has 1 aliphatic carbocycles. The van der Waals surface area contributed by atoms with E-state index in [4.69, 9.17) is 14.2 Å². The SMILES string of the molecule is CN=C(NCCCOCC1CCOC1)NC1CC2(CCCC2)Oc2ccccc21.I. The van der Waals surface area contributed by atoms with Gasteiger partial charge in [-0.05, 0) is 44.6 Å². The number of benzene rings is 1. The normalized spacial score (nSPS) is 24.8. The summed E-state index contributed by atoms with van der Waals surface area (Å²) in [7, 11) is 1.84. The van der Waals surface area contributed by atoms with Gasteiger partial charge in [-0.25, -0.2) is 0 Å². The fraction of sp³-hybridized carbons (Fsp3) is 0.696. The van der Waals surface area contributed by atoms with Gasteiger partial charge in [0.15, 0.2) is 5.96 Å². The van der Waals surface area contributed by atoms with Gasteiger partial charge >= 0.3 is 0 Å². The smallest absolute Gasteiger partial charge is 0.191 e. The van der Waals surface area contributed by atoms with Gasteiger partial charge in [0.25, 0.3) is 0 Å². The van der Waals surface area contributed by atoms with E-state index in [1.54, 1.807) is 0 Å². The van der Waals surface area contributed by atoms with Gasteiger partial charge in [0.2, 0.25) is 0 Å². The minimum atomic E-state index is -0.0112. The van der Waals surface area contributed by atoms with E-state index in [1.807, 2.05) is 7.05 Å². The first-order chi connectivity index (χ1) is 14.3. The van der Waals surface area contributed by atoms with Gasteiger partial charge in [0.1, 0.15) is 11.4 Å². The van der Waals surface area contributed by atoms with Crippen molar-refractivity contribution in [1.29, 1.82) is 0 Å². The van der Waals surface area contributed by atoms with Crippen molar-refractivity contribution in [3.05, 3.63) is 29.8 Å². The summed E-state index contributed by atoms with van der Waals surface area (Å²) in [5.41, 5.74) is 1.22. The van der Waals surface area contributed by atoms with Crippen molar-refractivity contribution in [1.82, 2.24) is 10.6 Å². The molecule has 1 aromatic rings. The predicted octanol–water partition coefficient (Wildman–Crippen LogP) is 4.05. The van der Waals surface area contributed by atoms with Crippen molar-refractivity contribution < 1.29 is 14.2 Å². The quantitative estimate of drug-likeness (QED) is 0.242. The molecule has 0 radical (unpaired) electrons. The Kier molecular flexibility index (Phi) is 9.07. The van der Waals surface area contributed by atoms with Gasteiger partial charge in [-0.15, -0.1) is 24.0 Å². The second-order valence-corrected chi connectivity index (χ2v) is 8.59. The van der Waals surface area contributed by atoms with Gasteiger partial charge in [-0.1, -0.05) is 18.2 Å². The summed E-state index contributed by atoms with van der Waals surface area (Å²) in [6, 6.07) is 8.65. The highest BCUT2D eigenvalue weighted by Gasteiger charge is 2.43. The Morgan fingerprint density at radius 1 is 1.27 bits per heavy atom. The molecule has 1 saturated carbocycles. The van der Waals surface area contributed by atoms with Crippen molar-refractivity contribution in [2.24, 2.45) is 10.9 Å². The van der Waals surface area contributed by atoms with Crippen molar-refractivity contribution in [2.75, 3.05) is 40.0 Å². The van der Waals surface area contributed by atoms with Crippen molar-refractivity contribution >= 4 is 29.9 Å². The zero-order chi connectivity index (χ0) is 19.9. The molecule has 2 atom stereocenters. The lowest BCUT2D eigenvalue weighted by Gasteiger charge is -2.40. The molecule has 0 aromatic heterocycles. The molecule has 3 aliphatic rings. The minimum absolute atomic E-state index is 0. The molecule has 6 nitrogen and oxygen atoms in total. The summed E-state index contributed by atoms with van der Waals surface area (Å²) in [5.74, 6) is 2.45. The highest BCUT2D eigenvalue weighted by Crippen LogP contribution is 2.46. The van der Waals surface area contributed by atoms with E-state index in [2.05, 4.69) is 39.9 Å². The topological polar surface area (TPSA) is 64.1 Å². The summed E-state index contributed by atoms with van der Waals surface area (Å²) in [6.45, 7) is 4.16. The fourth-order valence-electron chi connectivity index (χ4n) is 4.78. The molecule has 1 spiro atoms. The third-order valence-corrected chi connectivity index (χ3v) is 6.38. The Bertz CT molecular complexity index is 688. The number of hydrogen-bond donors (Lipinski definition) is 2. The summed E-state index contributed by atoms with van der Waals surface area (Å²) in [4.78, 5) is 4.45. The number of nitrogens with one attached hydrogen (secondary N) is 2. The number of rotatable bonds is 7. The Morgan fingerprint density at radius 2 is 2.10 bits per heavy atom. The van der Waals surface area contributed by atoms with Crippen LogP contribution in [0.4, 0.5) is 0 Å². The molecule has 2 heterocycles. The van der Waals surface area contributed by atoms with E-state index in [9.17, 15) is 0 Å². The molecule has 168 valence electrons. The number of para-hydroxylation sites is 1. The van der Waals surface area contributed by atoms with E-state index in [0.717, 1.165) is 76.8 Å². The lowest BCUT2D eigenvalue weighted by Crippen LogP contribution is -2.46. The molecule has 30 heavy (non-hydrogen) atoms. The van der Waals surface area contributed by atoms with Crippen molar-refractivity contribution in [3.63, 3.8) is 0 Å². The highest BCUT2D eigenvalue weighted by molar-refractivity contribution is 14.0. The van der Waals surface area contributed by atoms with E-state index >= 15 is 0 Å². The van der Waals surface area contributed by atoms with Crippen LogP contribution < -0.4 is 15.4 Å². The van der Waals surface area contributed by atoms with Crippen molar-refractivity contribution in [3.8, 4) is 5.75 Å². The number of aliphatic imine (C=N–C) groups is 1. The third kappa shape index (κ3) is 6.01. The number of nitrogens with zero attached hydrogens (tertiary/aromatic N) is 1. The third-order valence-electron chi connectivity index (χ3n) is 6.38. The molecule has 7 heteroatoms. The Morgan fingerprint density at radius 3 is 2.87 bits per heavy atom. The van der Waals surface area contributed by atoms with Crippen molar-refractivity contribution in [2.45, 2.75) is 56.6 Å². The van der Waals surface area contributed by atoms with Crippen LogP contribution in [0.5, 0.6) is 5.75 Å². The van der Waals surface area contributed by atoms with E-state index in [1.165, 1.54) is 18.4 Å². The minimum Gasteiger partial charge on any atom is -0.487 e. The second-order valence-electron chi connectivity index (χ2n) is 8.59. The molecule has 2 aliphatic heterocycles. The first-order valence-corrected chi connectivity index (χ1v) is 11.2. The van der Waals surface area contributed by atoms with Gasteiger partial charge < -0.3 is 24.8 Å². The van der Waals surface area contributed by atoms with E-state index in [0.29, 0.717) is 5.92 Å². The fourth-order valence-corrected chi connectivity index (χ4v) is 4.78. The molecule has 2 N–H and O–H groups in total. The second kappa shape index (κ2) is 11.5. The first-order valence-electron chi connectivity index (χ1n) is 11.2. The number of fused-ring (bicyclic) bond motifs is 1. The van der Waals surface area contributed by atoms with Gasteiger partial charge in [-0.3, -0.25) is 4.99 Å². The molecule has 1 saturated heterocycles. The van der Waals surface area contributed by atoms with Crippen LogP contribution in [-0.4, -0.2) is 51.6 Å². The number of guanidine groups is 1. The maximum Gasteiger partial charge on any atom is 0.191 e. The maximum absolute atomic E-state index is 6.47. The first kappa shape index (κ1) is 23.6. The molecule has 0 amide bonds. The predicted molar refractivity (Wildman–Crippen MR) is 130 cm³/mol. The maximum atomic E-state index is 6.47. The molecule has 0 bridgehead atoms. The van der Waals surface area contributed by atoms with Crippen LogP contribution in [-0.2, 0) is 9.47 Å². The average molecular weight is 529 g/mol. The number of ether oxygens (including phenoxy) is 3. The standard InChI is InChI=1S/C23H35N3O3.HI/c1-24-22(25-12-6-13-27-16-18-9-14-28-17-18)26-20-15-23(10-4-5-11-23)29-21-8-3-2-7-19(20)21;/h2-3,7-8,18,20H,4-6,9-17H2,1H3,(H2,24,25,26);1H. The summed E-state index contributed by atoms with van der Waals surface area (Å²) >= 11 is 0. The van der Waals surface area contributed by atoms with Gasteiger partial charge in [-0.2, -0.15) is 0 Å². The Labute approximate surface area is 197 Å². The molecule has 2 unspecified atom stereocenters. The van der Waals surface area contributed by atoms with Crippen LogP contribution in [0.3, 0.4) is 0 Å². The highest BCUT2D eigenvalue weighted by atomic mass is 127. The molecule has 2 fully saturated rings. The molecular formula is C23H36IN3O3. The van der Waals surface area contributed by atoms with Gasteiger partial charge in [0.05, 0.1) is 19.3 Å². The average Bonchev–Trinajstić information content (AvgIpc) is 3.42. The Balaban J connectivity index is 0.00000256. The van der Waals surface area contributed by atoms with E-state index < -0.39 is 0 Å². The van der Waals surface area contributed by atoms with Gasteiger partial charge in [0, 0.05) is 44.7 Å². The van der Waals surface area contributed by atoms with Crippen LogP contribution in [0.1, 0.15) is 56.6 Å². The molecule has 4 rings (SSSR count). The zero-order valence-electron chi connectivity index (χ0n) is 18.0. The summed E-state index contributed by atoms with van der Waals surface area (Å²) in [5, 5.41) is 7.10. The number of hydrogen-bond acceptors (Lipinski definition) is 4. The van der Waals surface area contributed by atoms with Crippen LogP contribution in [0, 0.1) is 5.92 Å². The number of halogens is 1. The summed E-state index contributed by atoms with van der Waals surface area (Å²) in [6.07, 6.45) is 7.90. The van der Waals surface area contributed by atoms with E-state index in [-0.39, 0.29) is 35.6 Å². The molecule has 1 aromatic carbocycles. The lowest BCUT2D eigenvalue weighted by atomic mass is 9.86. The zero-order valence-corrected chi connectivity index (χ0v) is 20.4. The monoisotopic (exact) mass is 529 g/mol. The lowest BCUT2D eigenvalue weighted by molar-refractivity contribution is 0.0396. The summed E-state index contributed by atoms with van der Waals surface area (Å²) < 4.78 is 17.7. The largest absolute Gasteiger partial charge is 0.487 e. The van der Waals surface area contributed by atoms with Crippen LogP contribution in [0.2, 0.25) is 0 Å². The Hall–Kier alpha value is -1.06. The van der Waals surface area contributed by atoms with Crippen LogP contribution in [0.15, 0.2) is 29.3 Å². The van der Waals surface area contributed by atoms with Crippen LogP contribution in [0.25, 0.3) is 0 Å².